The minimum absolute atomic E-state index is 0.391. The van der Waals surface area contributed by atoms with E-state index in [9.17, 15) is 4.79 Å². The molecule has 1 aromatic rings. The van der Waals surface area contributed by atoms with E-state index < -0.39 is 11.3 Å². The van der Waals surface area contributed by atoms with Crippen LogP contribution >= 0.6 is 11.6 Å². The van der Waals surface area contributed by atoms with Gasteiger partial charge in [-0.1, -0.05) is 18.6 Å². The van der Waals surface area contributed by atoms with Crippen molar-refractivity contribution in [3.05, 3.63) is 36.0 Å². The van der Waals surface area contributed by atoms with Gasteiger partial charge in [0.25, 0.3) is 0 Å². The minimum Gasteiger partial charge on any atom is -0.473 e. The summed E-state index contributed by atoms with van der Waals surface area (Å²) in [6.45, 7) is 3.67. The topological polar surface area (TPSA) is 68.5 Å². The number of halogens is 1. The SMILES string of the molecule is NC(=O)C(Cl)CC=CCOc1cc(CN2CCCCC2)ccn1. The summed E-state index contributed by atoms with van der Waals surface area (Å²) in [7, 11) is 0. The molecule has 0 aromatic carbocycles. The average molecular weight is 338 g/mol. The number of nitrogens with zero attached hydrogens (tertiary/aromatic N) is 2. The van der Waals surface area contributed by atoms with Gasteiger partial charge < -0.3 is 10.5 Å². The van der Waals surface area contributed by atoms with Crippen molar-refractivity contribution in [2.45, 2.75) is 37.6 Å². The molecule has 1 aliphatic rings. The number of carbonyl (C=O) groups excluding carboxylic acids is 1. The van der Waals surface area contributed by atoms with E-state index in [1.165, 1.54) is 37.9 Å². The van der Waals surface area contributed by atoms with Gasteiger partial charge >= 0.3 is 0 Å². The van der Waals surface area contributed by atoms with Gasteiger partial charge in [0.05, 0.1) is 0 Å². The van der Waals surface area contributed by atoms with E-state index in [1.54, 1.807) is 12.3 Å². The lowest BCUT2D eigenvalue weighted by Gasteiger charge is -2.26. The molecule has 6 heteroatoms. The van der Waals surface area contributed by atoms with Gasteiger partial charge in [-0.3, -0.25) is 9.69 Å². The molecule has 0 bridgehead atoms. The largest absolute Gasteiger partial charge is 0.473 e. The highest BCUT2D eigenvalue weighted by Gasteiger charge is 2.11. The van der Waals surface area contributed by atoms with Crippen LogP contribution < -0.4 is 10.5 Å². The van der Waals surface area contributed by atoms with Crippen LogP contribution in [0.2, 0.25) is 0 Å². The summed E-state index contributed by atoms with van der Waals surface area (Å²) < 4.78 is 5.60. The molecule has 0 saturated carbocycles. The van der Waals surface area contributed by atoms with E-state index in [0.717, 1.165) is 6.54 Å². The molecular weight excluding hydrogens is 314 g/mol. The van der Waals surface area contributed by atoms with Crippen molar-refractivity contribution in [2.24, 2.45) is 5.73 Å². The highest BCUT2D eigenvalue weighted by Crippen LogP contribution is 2.15. The lowest BCUT2D eigenvalue weighted by molar-refractivity contribution is -0.117. The molecule has 5 nitrogen and oxygen atoms in total. The zero-order valence-electron chi connectivity index (χ0n) is 13.3. The fourth-order valence-corrected chi connectivity index (χ4v) is 2.64. The van der Waals surface area contributed by atoms with E-state index >= 15 is 0 Å². The fourth-order valence-electron chi connectivity index (χ4n) is 2.54. The van der Waals surface area contributed by atoms with Crippen LogP contribution in [0.4, 0.5) is 0 Å². The molecule has 1 fully saturated rings. The van der Waals surface area contributed by atoms with Gasteiger partial charge in [0.15, 0.2) is 0 Å². The van der Waals surface area contributed by atoms with E-state index in [-0.39, 0.29) is 0 Å². The van der Waals surface area contributed by atoms with Gasteiger partial charge in [0.2, 0.25) is 11.8 Å². The van der Waals surface area contributed by atoms with Crippen LogP contribution in [0.3, 0.4) is 0 Å². The van der Waals surface area contributed by atoms with Crippen LogP contribution in [-0.4, -0.2) is 40.9 Å². The molecule has 1 aliphatic heterocycles. The molecule has 2 rings (SSSR count). The highest BCUT2D eigenvalue weighted by atomic mass is 35.5. The second-order valence-corrected chi connectivity index (χ2v) is 6.25. The first-order chi connectivity index (χ1) is 11.1. The summed E-state index contributed by atoms with van der Waals surface area (Å²) in [4.78, 5) is 17.5. The summed E-state index contributed by atoms with van der Waals surface area (Å²) >= 11 is 5.74. The average Bonchev–Trinajstić information content (AvgIpc) is 2.55. The van der Waals surface area contributed by atoms with E-state index in [1.807, 2.05) is 18.2 Å². The number of hydrogen-bond acceptors (Lipinski definition) is 4. The Balaban J connectivity index is 1.76. The Labute approximate surface area is 142 Å². The number of rotatable bonds is 8. The second-order valence-electron chi connectivity index (χ2n) is 5.73. The van der Waals surface area contributed by atoms with Crippen LogP contribution in [0.15, 0.2) is 30.5 Å². The first-order valence-corrected chi connectivity index (χ1v) is 8.47. The van der Waals surface area contributed by atoms with E-state index in [0.29, 0.717) is 18.9 Å². The highest BCUT2D eigenvalue weighted by molar-refractivity contribution is 6.30. The molecule has 0 aliphatic carbocycles. The number of pyridine rings is 1. The minimum atomic E-state index is -0.669. The van der Waals surface area contributed by atoms with E-state index in [2.05, 4.69) is 9.88 Å². The van der Waals surface area contributed by atoms with Crippen molar-refractivity contribution in [1.29, 1.82) is 0 Å². The molecule has 2 heterocycles. The van der Waals surface area contributed by atoms with Crippen LogP contribution in [-0.2, 0) is 11.3 Å². The van der Waals surface area contributed by atoms with Gasteiger partial charge in [-0.25, -0.2) is 4.98 Å². The quantitative estimate of drug-likeness (QED) is 0.584. The van der Waals surface area contributed by atoms with Crippen molar-refractivity contribution in [2.75, 3.05) is 19.7 Å². The number of piperidine rings is 1. The third kappa shape index (κ3) is 6.59. The second kappa shape index (κ2) is 9.53. The van der Waals surface area contributed by atoms with Gasteiger partial charge in [-0.05, 0) is 44.0 Å². The summed E-state index contributed by atoms with van der Waals surface area (Å²) in [5, 5.41) is -0.669. The number of hydrogen-bond donors (Lipinski definition) is 1. The Morgan fingerprint density at radius 1 is 1.39 bits per heavy atom. The number of nitrogens with two attached hydrogens (primary N) is 1. The molecule has 1 saturated heterocycles. The predicted molar refractivity (Wildman–Crippen MR) is 91.5 cm³/mol. The number of primary amides is 1. The third-order valence-electron chi connectivity index (χ3n) is 3.80. The van der Waals surface area contributed by atoms with Crippen molar-refractivity contribution in [3.63, 3.8) is 0 Å². The van der Waals surface area contributed by atoms with Crippen molar-refractivity contribution in [3.8, 4) is 5.88 Å². The normalized spacial score (nSPS) is 17.3. The summed E-state index contributed by atoms with van der Waals surface area (Å²) in [6, 6.07) is 4.01. The zero-order valence-corrected chi connectivity index (χ0v) is 14.0. The monoisotopic (exact) mass is 337 g/mol. The van der Waals surface area contributed by atoms with Crippen molar-refractivity contribution in [1.82, 2.24) is 9.88 Å². The first-order valence-electron chi connectivity index (χ1n) is 8.03. The Kier molecular flexibility index (Phi) is 7.36. The Morgan fingerprint density at radius 3 is 2.91 bits per heavy atom. The molecule has 23 heavy (non-hydrogen) atoms. The summed E-state index contributed by atoms with van der Waals surface area (Å²) in [6.07, 6.45) is 9.70. The maximum absolute atomic E-state index is 10.8. The summed E-state index contributed by atoms with van der Waals surface area (Å²) in [5.74, 6) is 0.103. The van der Waals surface area contributed by atoms with Gasteiger partial charge in [0.1, 0.15) is 12.0 Å². The molecule has 126 valence electrons. The Bertz CT molecular complexity index is 530. The van der Waals surface area contributed by atoms with Gasteiger partial charge in [-0.15, -0.1) is 11.6 Å². The maximum atomic E-state index is 10.8. The third-order valence-corrected chi connectivity index (χ3v) is 4.19. The molecular formula is C17H24ClN3O2. The standard InChI is InChI=1S/C17H24ClN3O2/c18-15(17(19)22)6-2-5-11-23-16-12-14(7-8-20-16)13-21-9-3-1-4-10-21/h2,5,7-8,12,15H,1,3-4,6,9-11,13H2,(H2,19,22). The number of carbonyl (C=O) groups is 1. The number of allylic oxidation sites excluding steroid dienone is 1. The van der Waals surface area contributed by atoms with Gasteiger partial charge in [0, 0.05) is 18.8 Å². The molecule has 1 unspecified atom stereocenters. The van der Waals surface area contributed by atoms with Gasteiger partial charge in [-0.2, -0.15) is 0 Å². The number of aromatic nitrogens is 1. The Hall–Kier alpha value is -1.59. The smallest absolute Gasteiger partial charge is 0.235 e. The Morgan fingerprint density at radius 2 is 2.17 bits per heavy atom. The molecule has 1 atom stereocenters. The fraction of sp³-hybridized carbons (Fsp3) is 0.529. The lowest BCUT2D eigenvalue weighted by atomic mass is 10.1. The number of amides is 1. The number of ether oxygens (including phenoxy) is 1. The lowest BCUT2D eigenvalue weighted by Crippen LogP contribution is -2.29. The van der Waals surface area contributed by atoms with E-state index in [4.69, 9.17) is 22.1 Å². The molecule has 1 aromatic heterocycles. The van der Waals surface area contributed by atoms with Crippen LogP contribution in [0.25, 0.3) is 0 Å². The van der Waals surface area contributed by atoms with Crippen LogP contribution in [0.5, 0.6) is 5.88 Å². The first kappa shape index (κ1) is 17.8. The molecule has 0 radical (unpaired) electrons. The summed E-state index contributed by atoms with van der Waals surface area (Å²) in [5.41, 5.74) is 6.30. The zero-order chi connectivity index (χ0) is 16.5. The van der Waals surface area contributed by atoms with Crippen LogP contribution in [0, 0.1) is 0 Å². The molecule has 2 N–H and O–H groups in total. The molecule has 0 spiro atoms. The number of alkyl halides is 1. The van der Waals surface area contributed by atoms with Crippen molar-refractivity contribution >= 4 is 17.5 Å². The maximum Gasteiger partial charge on any atom is 0.235 e. The predicted octanol–water partition coefficient (Wildman–Crippen LogP) is 2.49. The molecule has 1 amide bonds. The van der Waals surface area contributed by atoms with Crippen molar-refractivity contribution < 1.29 is 9.53 Å². The number of likely N-dealkylation sites (tertiary alicyclic amines) is 1. The van der Waals surface area contributed by atoms with Crippen LogP contribution in [0.1, 0.15) is 31.2 Å².